The molecule has 84 valence electrons. The van der Waals surface area contributed by atoms with Gasteiger partial charge < -0.3 is 5.32 Å². The topological polar surface area (TPSA) is 29.9 Å². The second kappa shape index (κ2) is 5.47. The van der Waals surface area contributed by atoms with Crippen LogP contribution < -0.4 is 5.32 Å². The van der Waals surface area contributed by atoms with E-state index in [1.807, 2.05) is 24.0 Å². The lowest BCUT2D eigenvalue weighted by Gasteiger charge is -2.03. The SMILES string of the molecule is Cn1cc(CCNCc2ccccc2)cn1. The number of nitrogens with zero attached hydrogens (tertiary/aromatic N) is 2. The van der Waals surface area contributed by atoms with Crippen LogP contribution in [0.15, 0.2) is 42.7 Å². The van der Waals surface area contributed by atoms with Gasteiger partial charge in [0.15, 0.2) is 0 Å². The number of aryl methyl sites for hydroxylation is 1. The monoisotopic (exact) mass is 215 g/mol. The van der Waals surface area contributed by atoms with Crippen LogP contribution in [0.25, 0.3) is 0 Å². The molecule has 1 aromatic carbocycles. The van der Waals surface area contributed by atoms with Crippen molar-refractivity contribution in [2.75, 3.05) is 6.54 Å². The molecule has 2 rings (SSSR count). The summed E-state index contributed by atoms with van der Waals surface area (Å²) in [5.41, 5.74) is 2.61. The Labute approximate surface area is 96.1 Å². The molecule has 0 saturated carbocycles. The molecule has 0 aliphatic carbocycles. The van der Waals surface area contributed by atoms with Gasteiger partial charge in [0.05, 0.1) is 6.20 Å². The van der Waals surface area contributed by atoms with E-state index in [-0.39, 0.29) is 0 Å². The highest BCUT2D eigenvalue weighted by atomic mass is 15.2. The summed E-state index contributed by atoms with van der Waals surface area (Å²) in [4.78, 5) is 0. The highest BCUT2D eigenvalue weighted by Gasteiger charge is 1.95. The Morgan fingerprint density at radius 3 is 2.69 bits per heavy atom. The van der Waals surface area contributed by atoms with Crippen molar-refractivity contribution in [2.24, 2.45) is 7.05 Å². The van der Waals surface area contributed by atoms with E-state index in [9.17, 15) is 0 Å². The standard InChI is InChI=1S/C13H17N3/c1-16-11-13(10-15-16)7-8-14-9-12-5-3-2-4-6-12/h2-6,10-11,14H,7-9H2,1H3. The molecular formula is C13H17N3. The highest BCUT2D eigenvalue weighted by Crippen LogP contribution is 1.99. The number of rotatable bonds is 5. The van der Waals surface area contributed by atoms with Crippen LogP contribution in [0.5, 0.6) is 0 Å². The number of aromatic nitrogens is 2. The summed E-state index contributed by atoms with van der Waals surface area (Å²) in [6.45, 7) is 1.92. The lowest BCUT2D eigenvalue weighted by Crippen LogP contribution is -2.16. The first kappa shape index (κ1) is 10.9. The van der Waals surface area contributed by atoms with Crippen LogP contribution in [0.2, 0.25) is 0 Å². The molecule has 0 radical (unpaired) electrons. The van der Waals surface area contributed by atoms with Crippen LogP contribution in [0, 0.1) is 0 Å². The fourth-order valence-electron chi connectivity index (χ4n) is 1.66. The smallest absolute Gasteiger partial charge is 0.0522 e. The minimum atomic E-state index is 0.932. The lowest BCUT2D eigenvalue weighted by atomic mass is 10.2. The largest absolute Gasteiger partial charge is 0.312 e. The maximum atomic E-state index is 4.14. The molecule has 2 aromatic rings. The van der Waals surface area contributed by atoms with Crippen molar-refractivity contribution in [2.45, 2.75) is 13.0 Å². The van der Waals surface area contributed by atoms with E-state index in [0.717, 1.165) is 19.5 Å². The number of hydrogen-bond donors (Lipinski definition) is 1. The molecule has 0 atom stereocenters. The Hall–Kier alpha value is -1.61. The molecule has 0 aliphatic heterocycles. The first-order chi connectivity index (χ1) is 7.84. The molecule has 1 heterocycles. The van der Waals surface area contributed by atoms with Gasteiger partial charge in [0.2, 0.25) is 0 Å². The lowest BCUT2D eigenvalue weighted by molar-refractivity contribution is 0.686. The Balaban J connectivity index is 1.69. The molecule has 3 heteroatoms. The van der Waals surface area contributed by atoms with E-state index in [1.54, 1.807) is 0 Å². The quantitative estimate of drug-likeness (QED) is 0.770. The maximum Gasteiger partial charge on any atom is 0.0522 e. The van der Waals surface area contributed by atoms with Crippen molar-refractivity contribution in [1.29, 1.82) is 0 Å². The first-order valence-corrected chi connectivity index (χ1v) is 5.57. The Kier molecular flexibility index (Phi) is 3.72. The van der Waals surface area contributed by atoms with Crippen LogP contribution >= 0.6 is 0 Å². The summed E-state index contributed by atoms with van der Waals surface area (Å²) >= 11 is 0. The highest BCUT2D eigenvalue weighted by molar-refractivity contribution is 5.14. The predicted molar refractivity (Wildman–Crippen MR) is 65.1 cm³/mol. The molecule has 0 fully saturated rings. The van der Waals surface area contributed by atoms with Gasteiger partial charge in [-0.2, -0.15) is 5.10 Å². The van der Waals surface area contributed by atoms with Gasteiger partial charge in [-0.05, 0) is 24.1 Å². The van der Waals surface area contributed by atoms with Crippen LogP contribution in [0.4, 0.5) is 0 Å². The van der Waals surface area contributed by atoms with E-state index in [4.69, 9.17) is 0 Å². The molecule has 16 heavy (non-hydrogen) atoms. The fourth-order valence-corrected chi connectivity index (χ4v) is 1.66. The van der Waals surface area contributed by atoms with Crippen molar-refractivity contribution >= 4 is 0 Å². The van der Waals surface area contributed by atoms with Crippen molar-refractivity contribution in [3.63, 3.8) is 0 Å². The minimum Gasteiger partial charge on any atom is -0.312 e. The molecule has 0 unspecified atom stereocenters. The molecule has 0 amide bonds. The molecule has 0 spiro atoms. The van der Waals surface area contributed by atoms with Gasteiger partial charge in [-0.15, -0.1) is 0 Å². The molecule has 0 aliphatic rings. The normalized spacial score (nSPS) is 10.6. The molecule has 1 aromatic heterocycles. The van der Waals surface area contributed by atoms with Crippen molar-refractivity contribution in [3.05, 3.63) is 53.9 Å². The first-order valence-electron chi connectivity index (χ1n) is 5.57. The second-order valence-electron chi connectivity index (χ2n) is 3.93. The number of benzene rings is 1. The van der Waals surface area contributed by atoms with Gasteiger partial charge in [-0.25, -0.2) is 0 Å². The van der Waals surface area contributed by atoms with E-state index in [1.165, 1.54) is 11.1 Å². The van der Waals surface area contributed by atoms with Crippen LogP contribution in [0.1, 0.15) is 11.1 Å². The van der Waals surface area contributed by atoms with Crippen LogP contribution in [0.3, 0.4) is 0 Å². The average molecular weight is 215 g/mol. The fraction of sp³-hybridized carbons (Fsp3) is 0.308. The third-order valence-corrected chi connectivity index (χ3v) is 2.52. The van der Waals surface area contributed by atoms with E-state index < -0.39 is 0 Å². The van der Waals surface area contributed by atoms with Crippen molar-refractivity contribution in [1.82, 2.24) is 15.1 Å². The summed E-state index contributed by atoms with van der Waals surface area (Å²) in [5, 5.41) is 7.56. The molecule has 1 N–H and O–H groups in total. The van der Waals surface area contributed by atoms with Gasteiger partial charge in [0, 0.05) is 19.8 Å². The number of hydrogen-bond acceptors (Lipinski definition) is 2. The molecule has 0 saturated heterocycles. The van der Waals surface area contributed by atoms with Gasteiger partial charge in [-0.3, -0.25) is 4.68 Å². The predicted octanol–water partition coefficient (Wildman–Crippen LogP) is 1.75. The third-order valence-electron chi connectivity index (χ3n) is 2.52. The van der Waals surface area contributed by atoms with Crippen LogP contribution in [-0.4, -0.2) is 16.3 Å². The Morgan fingerprint density at radius 2 is 2.00 bits per heavy atom. The van der Waals surface area contributed by atoms with Gasteiger partial charge >= 0.3 is 0 Å². The maximum absolute atomic E-state index is 4.14. The van der Waals surface area contributed by atoms with Crippen molar-refractivity contribution < 1.29 is 0 Å². The molecule has 0 bridgehead atoms. The van der Waals surface area contributed by atoms with Crippen LogP contribution in [-0.2, 0) is 20.0 Å². The Morgan fingerprint density at radius 1 is 1.19 bits per heavy atom. The zero-order valence-corrected chi connectivity index (χ0v) is 9.56. The average Bonchev–Trinajstić information content (AvgIpc) is 2.72. The second-order valence-corrected chi connectivity index (χ2v) is 3.93. The van der Waals surface area contributed by atoms with E-state index >= 15 is 0 Å². The zero-order valence-electron chi connectivity index (χ0n) is 9.56. The van der Waals surface area contributed by atoms with Gasteiger partial charge in [0.25, 0.3) is 0 Å². The summed E-state index contributed by atoms with van der Waals surface area (Å²) in [6, 6.07) is 10.4. The van der Waals surface area contributed by atoms with E-state index in [2.05, 4.69) is 40.9 Å². The number of nitrogens with one attached hydrogen (secondary N) is 1. The summed E-state index contributed by atoms with van der Waals surface area (Å²) in [6.07, 6.45) is 5.01. The third kappa shape index (κ3) is 3.21. The molecular weight excluding hydrogens is 198 g/mol. The van der Waals surface area contributed by atoms with Gasteiger partial charge in [-0.1, -0.05) is 30.3 Å². The van der Waals surface area contributed by atoms with E-state index in [0.29, 0.717) is 0 Å². The zero-order chi connectivity index (χ0) is 11.2. The van der Waals surface area contributed by atoms with Crippen molar-refractivity contribution in [3.8, 4) is 0 Å². The summed E-state index contributed by atoms with van der Waals surface area (Å²) < 4.78 is 1.84. The Bertz CT molecular complexity index is 420. The van der Waals surface area contributed by atoms with Gasteiger partial charge in [0.1, 0.15) is 0 Å². The molecule has 3 nitrogen and oxygen atoms in total. The summed E-state index contributed by atoms with van der Waals surface area (Å²) in [7, 11) is 1.95. The minimum absolute atomic E-state index is 0.932. The summed E-state index contributed by atoms with van der Waals surface area (Å²) in [5.74, 6) is 0.